The number of hydrogen-bond acceptors (Lipinski definition) is 4. The largest absolute Gasteiger partial charge is 0.435 e. The number of carbonyl (C=O) groups excluding carboxylic acids is 1. The molecular formula is C15H16F3N5OS. The van der Waals surface area contributed by atoms with Crippen LogP contribution in [0.2, 0.25) is 0 Å². The van der Waals surface area contributed by atoms with E-state index in [0.717, 1.165) is 27.3 Å². The SMILES string of the molecule is Cc1c([C@@H](C)NC(=O)c2cc3c(C(F)(F)F)nn(C)c3s2)cnn1C. The van der Waals surface area contributed by atoms with Crippen LogP contribution in [0.25, 0.3) is 10.2 Å². The molecule has 0 fully saturated rings. The van der Waals surface area contributed by atoms with Gasteiger partial charge in [-0.1, -0.05) is 0 Å². The molecule has 3 aromatic heterocycles. The summed E-state index contributed by atoms with van der Waals surface area (Å²) < 4.78 is 42.0. The minimum Gasteiger partial charge on any atom is -0.345 e. The van der Waals surface area contributed by atoms with E-state index in [1.165, 1.54) is 13.1 Å². The first-order valence-electron chi connectivity index (χ1n) is 7.42. The lowest BCUT2D eigenvalue weighted by atomic mass is 10.1. The van der Waals surface area contributed by atoms with E-state index >= 15 is 0 Å². The van der Waals surface area contributed by atoms with Crippen molar-refractivity contribution in [3.8, 4) is 0 Å². The van der Waals surface area contributed by atoms with Crippen molar-refractivity contribution >= 4 is 27.5 Å². The minimum absolute atomic E-state index is 0.0599. The van der Waals surface area contributed by atoms with Crippen LogP contribution in [0.3, 0.4) is 0 Å². The zero-order valence-electron chi connectivity index (χ0n) is 14.0. The Labute approximate surface area is 145 Å². The first-order chi connectivity index (χ1) is 11.6. The standard InChI is InChI=1S/C15H16F3N5OS/c1-7(10-6-19-22(3)8(10)2)20-13(24)11-5-9-12(15(16,17)18)21-23(4)14(9)25-11/h5-7H,1-4H3,(H,20,24)/t7-/m1/s1. The van der Waals surface area contributed by atoms with Gasteiger partial charge >= 0.3 is 6.18 Å². The van der Waals surface area contributed by atoms with Crippen molar-refractivity contribution in [2.75, 3.05) is 0 Å². The highest BCUT2D eigenvalue weighted by Crippen LogP contribution is 2.37. The summed E-state index contributed by atoms with van der Waals surface area (Å²) in [5.74, 6) is -0.426. The third-order valence-electron chi connectivity index (χ3n) is 4.09. The van der Waals surface area contributed by atoms with Gasteiger partial charge in [0, 0.05) is 30.7 Å². The van der Waals surface area contributed by atoms with Gasteiger partial charge in [0.05, 0.1) is 17.1 Å². The number of amides is 1. The molecule has 6 nitrogen and oxygen atoms in total. The van der Waals surface area contributed by atoms with Gasteiger partial charge in [0.1, 0.15) is 4.83 Å². The number of hydrogen-bond donors (Lipinski definition) is 1. The summed E-state index contributed by atoms with van der Waals surface area (Å²) >= 11 is 0.983. The molecule has 3 rings (SSSR count). The highest BCUT2D eigenvalue weighted by molar-refractivity contribution is 7.20. The number of thiophene rings is 1. The Hall–Kier alpha value is -2.36. The summed E-state index contributed by atoms with van der Waals surface area (Å²) in [4.78, 5) is 13.0. The van der Waals surface area contributed by atoms with Crippen LogP contribution in [-0.4, -0.2) is 25.5 Å². The van der Waals surface area contributed by atoms with Crippen LogP contribution >= 0.6 is 11.3 Å². The van der Waals surface area contributed by atoms with E-state index in [2.05, 4.69) is 15.5 Å². The van der Waals surface area contributed by atoms with Crippen molar-refractivity contribution in [3.63, 3.8) is 0 Å². The molecular weight excluding hydrogens is 355 g/mol. The van der Waals surface area contributed by atoms with Crippen molar-refractivity contribution < 1.29 is 18.0 Å². The maximum atomic E-state index is 13.0. The summed E-state index contributed by atoms with van der Waals surface area (Å²) in [6, 6.07) is 0.931. The molecule has 3 aromatic rings. The van der Waals surface area contributed by atoms with Gasteiger partial charge in [-0.15, -0.1) is 11.3 Å². The lowest BCUT2D eigenvalue weighted by Gasteiger charge is -2.13. The molecule has 0 aliphatic heterocycles. The molecule has 0 radical (unpaired) electrons. The number of aryl methyl sites for hydroxylation is 2. The highest BCUT2D eigenvalue weighted by Gasteiger charge is 2.37. The van der Waals surface area contributed by atoms with Gasteiger partial charge in [-0.2, -0.15) is 23.4 Å². The predicted octanol–water partition coefficient (Wildman–Crippen LogP) is 3.19. The van der Waals surface area contributed by atoms with Gasteiger partial charge in [0.2, 0.25) is 0 Å². The van der Waals surface area contributed by atoms with Crippen molar-refractivity contribution in [1.82, 2.24) is 24.9 Å². The van der Waals surface area contributed by atoms with Crippen molar-refractivity contribution in [2.24, 2.45) is 14.1 Å². The van der Waals surface area contributed by atoms with Crippen molar-refractivity contribution in [3.05, 3.63) is 34.1 Å². The topological polar surface area (TPSA) is 64.7 Å². The molecule has 3 heterocycles. The summed E-state index contributed by atoms with van der Waals surface area (Å²) in [5, 5.41) is 10.4. The maximum Gasteiger partial charge on any atom is 0.435 e. The Morgan fingerprint density at radius 1 is 1.32 bits per heavy atom. The number of nitrogens with one attached hydrogen (secondary N) is 1. The first-order valence-corrected chi connectivity index (χ1v) is 8.24. The van der Waals surface area contributed by atoms with Crippen LogP contribution in [0.15, 0.2) is 12.3 Å². The minimum atomic E-state index is -4.56. The van der Waals surface area contributed by atoms with Gasteiger partial charge < -0.3 is 5.32 Å². The summed E-state index contributed by atoms with van der Waals surface area (Å²) in [6.07, 6.45) is -2.90. The normalized spacial score (nSPS) is 13.4. The van der Waals surface area contributed by atoms with E-state index in [9.17, 15) is 18.0 Å². The number of rotatable bonds is 3. The van der Waals surface area contributed by atoms with E-state index in [4.69, 9.17) is 0 Å². The quantitative estimate of drug-likeness (QED) is 0.769. The number of halogens is 3. The zero-order valence-corrected chi connectivity index (χ0v) is 14.8. The van der Waals surface area contributed by atoms with E-state index < -0.39 is 17.8 Å². The third-order valence-corrected chi connectivity index (χ3v) is 5.29. The fraction of sp³-hybridized carbons (Fsp3) is 0.400. The van der Waals surface area contributed by atoms with Gasteiger partial charge in [0.15, 0.2) is 5.69 Å². The second-order valence-electron chi connectivity index (χ2n) is 5.80. The lowest BCUT2D eigenvalue weighted by Crippen LogP contribution is -2.26. The Bertz CT molecular complexity index is 953. The molecule has 25 heavy (non-hydrogen) atoms. The second kappa shape index (κ2) is 5.87. The first kappa shape index (κ1) is 17.5. The molecule has 0 aliphatic carbocycles. The van der Waals surface area contributed by atoms with Crippen LogP contribution in [0.1, 0.15) is 39.6 Å². The Morgan fingerprint density at radius 2 is 2.00 bits per heavy atom. The number of alkyl halides is 3. The Balaban J connectivity index is 1.89. The molecule has 0 aliphatic rings. The van der Waals surface area contributed by atoms with E-state index in [1.54, 1.807) is 24.9 Å². The number of nitrogens with zero attached hydrogens (tertiary/aromatic N) is 4. The summed E-state index contributed by atoms with van der Waals surface area (Å²) in [7, 11) is 3.22. The fourth-order valence-electron chi connectivity index (χ4n) is 2.65. The average molecular weight is 371 g/mol. The molecule has 0 unspecified atom stereocenters. The number of carbonyl (C=O) groups is 1. The zero-order chi connectivity index (χ0) is 18.5. The maximum absolute atomic E-state index is 13.0. The predicted molar refractivity (Wildman–Crippen MR) is 87.4 cm³/mol. The van der Waals surface area contributed by atoms with E-state index in [1.807, 2.05) is 6.92 Å². The van der Waals surface area contributed by atoms with Gasteiger partial charge in [-0.05, 0) is 19.9 Å². The molecule has 0 bridgehead atoms. The molecule has 1 atom stereocenters. The van der Waals surface area contributed by atoms with Crippen molar-refractivity contribution in [2.45, 2.75) is 26.1 Å². The monoisotopic (exact) mass is 371 g/mol. The molecule has 10 heteroatoms. The fourth-order valence-corrected chi connectivity index (χ4v) is 3.62. The van der Waals surface area contributed by atoms with Crippen LogP contribution < -0.4 is 5.32 Å². The Morgan fingerprint density at radius 3 is 2.56 bits per heavy atom. The molecule has 0 spiro atoms. The van der Waals surface area contributed by atoms with Crippen molar-refractivity contribution in [1.29, 1.82) is 0 Å². The third kappa shape index (κ3) is 3.01. The molecule has 0 saturated heterocycles. The molecule has 1 N–H and O–H groups in total. The van der Waals surface area contributed by atoms with Crippen LogP contribution in [0.4, 0.5) is 13.2 Å². The van der Waals surface area contributed by atoms with Gasteiger partial charge in [-0.25, -0.2) is 0 Å². The molecule has 134 valence electrons. The molecule has 0 aromatic carbocycles. The van der Waals surface area contributed by atoms with Gasteiger partial charge in [0.25, 0.3) is 5.91 Å². The highest BCUT2D eigenvalue weighted by atomic mass is 32.1. The van der Waals surface area contributed by atoms with Crippen LogP contribution in [0, 0.1) is 6.92 Å². The number of aromatic nitrogens is 4. The van der Waals surface area contributed by atoms with Crippen LogP contribution in [-0.2, 0) is 20.3 Å². The Kier molecular flexibility index (Phi) is 4.10. The molecule has 1 amide bonds. The summed E-state index contributed by atoms with van der Waals surface area (Å²) in [5.41, 5.74) is 0.791. The lowest BCUT2D eigenvalue weighted by molar-refractivity contribution is -0.140. The van der Waals surface area contributed by atoms with Crippen LogP contribution in [0.5, 0.6) is 0 Å². The smallest absolute Gasteiger partial charge is 0.345 e. The van der Waals surface area contributed by atoms with E-state index in [-0.39, 0.29) is 16.3 Å². The second-order valence-corrected chi connectivity index (χ2v) is 6.83. The molecule has 0 saturated carbocycles. The van der Waals surface area contributed by atoms with Gasteiger partial charge in [-0.3, -0.25) is 14.2 Å². The summed E-state index contributed by atoms with van der Waals surface area (Å²) in [6.45, 7) is 3.68. The van der Waals surface area contributed by atoms with E-state index in [0.29, 0.717) is 4.83 Å². The average Bonchev–Trinajstić information content (AvgIpc) is 3.15. The number of fused-ring (bicyclic) bond motifs is 1.